The van der Waals surface area contributed by atoms with E-state index >= 15 is 0 Å². The zero-order chi connectivity index (χ0) is 17.5. The number of benzene rings is 2. The SMILES string of the molecule is COc1cc(/C=C/C(=O)NN)ccc1OC(=O)c1ccc(Cl)cc1. The molecule has 1 amide bonds. The first kappa shape index (κ1) is 17.5. The molecule has 0 aliphatic carbocycles. The van der Waals surface area contributed by atoms with Crippen molar-refractivity contribution < 1.29 is 19.1 Å². The van der Waals surface area contributed by atoms with Crippen LogP contribution in [0.25, 0.3) is 6.08 Å². The number of hydrogen-bond donors (Lipinski definition) is 2. The van der Waals surface area contributed by atoms with Crippen LogP contribution in [0, 0.1) is 0 Å². The van der Waals surface area contributed by atoms with Crippen LogP contribution in [-0.2, 0) is 4.79 Å². The van der Waals surface area contributed by atoms with E-state index in [2.05, 4.69) is 0 Å². The summed E-state index contributed by atoms with van der Waals surface area (Å²) >= 11 is 5.79. The van der Waals surface area contributed by atoms with E-state index in [-0.39, 0.29) is 5.75 Å². The first-order valence-electron chi connectivity index (χ1n) is 6.88. The van der Waals surface area contributed by atoms with Gasteiger partial charge in [0.2, 0.25) is 0 Å². The molecule has 0 radical (unpaired) electrons. The van der Waals surface area contributed by atoms with E-state index in [1.54, 1.807) is 48.5 Å². The Morgan fingerprint density at radius 3 is 2.46 bits per heavy atom. The molecule has 0 aliphatic rings. The second kappa shape index (κ2) is 8.14. The highest BCUT2D eigenvalue weighted by Gasteiger charge is 2.12. The van der Waals surface area contributed by atoms with Gasteiger partial charge in [0, 0.05) is 11.1 Å². The number of ether oxygens (including phenoxy) is 2. The summed E-state index contributed by atoms with van der Waals surface area (Å²) in [4.78, 5) is 23.2. The lowest BCUT2D eigenvalue weighted by molar-refractivity contribution is -0.116. The number of amides is 1. The average molecular weight is 347 g/mol. The van der Waals surface area contributed by atoms with Crippen LogP contribution in [0.2, 0.25) is 5.02 Å². The first-order chi connectivity index (χ1) is 11.5. The van der Waals surface area contributed by atoms with Gasteiger partial charge in [-0.25, -0.2) is 10.6 Å². The lowest BCUT2D eigenvalue weighted by Crippen LogP contribution is -2.27. The smallest absolute Gasteiger partial charge is 0.343 e. The second-order valence-corrected chi connectivity index (χ2v) is 5.09. The zero-order valence-electron chi connectivity index (χ0n) is 12.8. The van der Waals surface area contributed by atoms with Gasteiger partial charge in [0.1, 0.15) is 0 Å². The van der Waals surface area contributed by atoms with E-state index in [0.717, 1.165) is 0 Å². The van der Waals surface area contributed by atoms with Crippen molar-refractivity contribution in [2.45, 2.75) is 0 Å². The van der Waals surface area contributed by atoms with Gasteiger partial charge in [-0.05, 0) is 48.0 Å². The summed E-state index contributed by atoms with van der Waals surface area (Å²) in [6, 6.07) is 11.2. The highest BCUT2D eigenvalue weighted by atomic mass is 35.5. The molecule has 24 heavy (non-hydrogen) atoms. The number of esters is 1. The van der Waals surface area contributed by atoms with E-state index in [9.17, 15) is 9.59 Å². The molecule has 6 nitrogen and oxygen atoms in total. The van der Waals surface area contributed by atoms with Crippen molar-refractivity contribution in [3.8, 4) is 11.5 Å². The van der Waals surface area contributed by atoms with Crippen LogP contribution in [0.1, 0.15) is 15.9 Å². The quantitative estimate of drug-likeness (QED) is 0.217. The Kier molecular flexibility index (Phi) is 5.95. The maximum atomic E-state index is 12.1. The predicted molar refractivity (Wildman–Crippen MR) is 90.8 cm³/mol. The van der Waals surface area contributed by atoms with Crippen molar-refractivity contribution >= 4 is 29.6 Å². The molecule has 0 atom stereocenters. The van der Waals surface area contributed by atoms with Crippen molar-refractivity contribution in [1.29, 1.82) is 0 Å². The molecule has 0 bridgehead atoms. The predicted octanol–water partition coefficient (Wildman–Crippen LogP) is 2.57. The average Bonchev–Trinajstić information content (AvgIpc) is 2.60. The summed E-state index contributed by atoms with van der Waals surface area (Å²) in [7, 11) is 1.45. The Balaban J connectivity index is 2.18. The third-order valence-electron chi connectivity index (χ3n) is 3.04. The topological polar surface area (TPSA) is 90.7 Å². The van der Waals surface area contributed by atoms with Gasteiger partial charge >= 0.3 is 5.97 Å². The minimum atomic E-state index is -0.532. The number of carbonyl (C=O) groups excluding carboxylic acids is 2. The molecule has 0 spiro atoms. The van der Waals surface area contributed by atoms with Crippen LogP contribution in [0.4, 0.5) is 0 Å². The molecule has 0 heterocycles. The minimum absolute atomic E-state index is 0.262. The maximum Gasteiger partial charge on any atom is 0.343 e. The molecule has 0 unspecified atom stereocenters. The minimum Gasteiger partial charge on any atom is -0.493 e. The Morgan fingerprint density at radius 2 is 1.83 bits per heavy atom. The van der Waals surface area contributed by atoms with Gasteiger partial charge in [0.25, 0.3) is 5.91 Å². The Hall–Kier alpha value is -2.83. The number of nitrogens with one attached hydrogen (secondary N) is 1. The number of rotatable bonds is 5. The largest absolute Gasteiger partial charge is 0.493 e. The van der Waals surface area contributed by atoms with Crippen LogP contribution in [0.5, 0.6) is 11.5 Å². The van der Waals surface area contributed by atoms with Crippen LogP contribution < -0.4 is 20.7 Å². The molecular weight excluding hydrogens is 332 g/mol. The fourth-order valence-electron chi connectivity index (χ4n) is 1.84. The van der Waals surface area contributed by atoms with E-state index in [4.69, 9.17) is 26.9 Å². The second-order valence-electron chi connectivity index (χ2n) is 4.65. The molecular formula is C17H15ClN2O4. The summed E-state index contributed by atoms with van der Waals surface area (Å²) in [5, 5.41) is 0.529. The lowest BCUT2D eigenvalue weighted by Gasteiger charge is -2.10. The van der Waals surface area contributed by atoms with Crippen LogP contribution in [0.3, 0.4) is 0 Å². The lowest BCUT2D eigenvalue weighted by atomic mass is 10.2. The summed E-state index contributed by atoms with van der Waals surface area (Å²) in [5.41, 5.74) is 3.04. The van der Waals surface area contributed by atoms with Crippen molar-refractivity contribution in [2.24, 2.45) is 5.84 Å². The first-order valence-corrected chi connectivity index (χ1v) is 7.25. The number of carbonyl (C=O) groups is 2. The van der Waals surface area contributed by atoms with Gasteiger partial charge < -0.3 is 9.47 Å². The van der Waals surface area contributed by atoms with Gasteiger partial charge in [0.15, 0.2) is 11.5 Å². The van der Waals surface area contributed by atoms with Crippen molar-refractivity contribution in [2.75, 3.05) is 7.11 Å². The summed E-state index contributed by atoms with van der Waals surface area (Å²) in [6.45, 7) is 0. The maximum absolute atomic E-state index is 12.1. The van der Waals surface area contributed by atoms with Gasteiger partial charge in [0.05, 0.1) is 12.7 Å². The van der Waals surface area contributed by atoms with E-state index < -0.39 is 11.9 Å². The zero-order valence-corrected chi connectivity index (χ0v) is 13.5. The molecule has 0 aliphatic heterocycles. The summed E-state index contributed by atoms with van der Waals surface area (Å²) in [5.74, 6) is 4.64. The highest BCUT2D eigenvalue weighted by Crippen LogP contribution is 2.29. The summed E-state index contributed by atoms with van der Waals surface area (Å²) < 4.78 is 10.6. The Morgan fingerprint density at radius 1 is 1.12 bits per heavy atom. The van der Waals surface area contributed by atoms with Crippen LogP contribution >= 0.6 is 11.6 Å². The molecule has 0 aromatic heterocycles. The number of hydrazine groups is 1. The van der Waals surface area contributed by atoms with Crippen LogP contribution in [-0.4, -0.2) is 19.0 Å². The third kappa shape index (κ3) is 4.58. The molecule has 3 N–H and O–H groups in total. The van der Waals surface area contributed by atoms with E-state index in [0.29, 0.717) is 21.9 Å². The highest BCUT2D eigenvalue weighted by molar-refractivity contribution is 6.30. The third-order valence-corrected chi connectivity index (χ3v) is 3.29. The number of nitrogens with two attached hydrogens (primary N) is 1. The summed E-state index contributed by atoms with van der Waals surface area (Å²) in [6.07, 6.45) is 2.82. The van der Waals surface area contributed by atoms with Crippen molar-refractivity contribution in [3.05, 3.63) is 64.7 Å². The van der Waals surface area contributed by atoms with Gasteiger partial charge in [-0.1, -0.05) is 17.7 Å². The number of halogens is 1. The fraction of sp³-hybridized carbons (Fsp3) is 0.0588. The molecule has 2 rings (SSSR count). The molecule has 124 valence electrons. The monoisotopic (exact) mass is 346 g/mol. The Labute approximate surface area is 143 Å². The van der Waals surface area contributed by atoms with Gasteiger partial charge in [-0.3, -0.25) is 10.2 Å². The van der Waals surface area contributed by atoms with E-state index in [1.165, 1.54) is 13.2 Å². The van der Waals surface area contributed by atoms with E-state index in [1.807, 2.05) is 5.43 Å². The normalized spacial score (nSPS) is 10.5. The molecule has 2 aromatic carbocycles. The molecule has 2 aromatic rings. The molecule has 0 fully saturated rings. The molecule has 7 heteroatoms. The fourth-order valence-corrected chi connectivity index (χ4v) is 1.96. The van der Waals surface area contributed by atoms with Gasteiger partial charge in [-0.15, -0.1) is 0 Å². The molecule has 0 saturated heterocycles. The van der Waals surface area contributed by atoms with Gasteiger partial charge in [-0.2, -0.15) is 0 Å². The standard InChI is InChI=1S/C17H15ClN2O4/c1-23-15-10-11(3-9-16(21)20-19)2-8-14(15)24-17(22)12-4-6-13(18)7-5-12/h2-10H,19H2,1H3,(H,20,21)/b9-3+. The van der Waals surface area contributed by atoms with Crippen molar-refractivity contribution in [3.63, 3.8) is 0 Å². The Bertz CT molecular complexity index is 773. The van der Waals surface area contributed by atoms with Crippen LogP contribution in [0.15, 0.2) is 48.5 Å². The molecule has 0 saturated carbocycles. The number of methoxy groups -OCH3 is 1. The van der Waals surface area contributed by atoms with Crippen molar-refractivity contribution in [1.82, 2.24) is 5.43 Å². The number of hydrogen-bond acceptors (Lipinski definition) is 5.